The molecule has 0 unspecified atom stereocenters. The van der Waals surface area contributed by atoms with Crippen LogP contribution in [-0.4, -0.2) is 16.1 Å². The zero-order valence-corrected chi connectivity index (χ0v) is 13.9. The van der Waals surface area contributed by atoms with Gasteiger partial charge in [-0.2, -0.15) is 0 Å². The fourth-order valence-electron chi connectivity index (χ4n) is 3.06. The highest BCUT2D eigenvalue weighted by Gasteiger charge is 2.38. The molecule has 0 heterocycles. The van der Waals surface area contributed by atoms with E-state index in [0.29, 0.717) is 0 Å². The Kier molecular flexibility index (Phi) is 3.85. The molecule has 0 aromatic heterocycles. The van der Waals surface area contributed by atoms with E-state index in [2.05, 4.69) is 70.5 Å². The van der Waals surface area contributed by atoms with Crippen LogP contribution in [0.3, 0.4) is 0 Å². The molecule has 0 N–H and O–H groups in total. The molecule has 0 fully saturated rings. The summed E-state index contributed by atoms with van der Waals surface area (Å²) in [5.41, 5.74) is 2.96. The van der Waals surface area contributed by atoms with Crippen molar-refractivity contribution in [3.05, 3.63) is 35.4 Å². The first-order chi connectivity index (χ1) is 7.12. The molecule has 0 saturated heterocycles. The van der Waals surface area contributed by atoms with E-state index in [1.807, 2.05) is 0 Å². The minimum Gasteiger partial charge on any atom is -0.0693 e. The number of benzene rings is 1. The van der Waals surface area contributed by atoms with Gasteiger partial charge in [0.2, 0.25) is 0 Å². The van der Waals surface area contributed by atoms with E-state index in [1.165, 1.54) is 5.56 Å². The molecule has 0 aliphatic heterocycles. The van der Waals surface area contributed by atoms with Crippen molar-refractivity contribution in [2.45, 2.75) is 51.4 Å². The highest BCUT2D eigenvalue weighted by Crippen LogP contribution is 2.35. The predicted octanol–water partition coefficient (Wildman–Crippen LogP) is 4.83. The topological polar surface area (TPSA) is 0 Å². The highest BCUT2D eigenvalue weighted by molar-refractivity contribution is 6.96. The summed E-state index contributed by atoms with van der Waals surface area (Å²) in [6, 6.07) is 9.25. The molecule has 0 aliphatic rings. The van der Waals surface area contributed by atoms with Crippen molar-refractivity contribution in [1.29, 1.82) is 0 Å². The zero-order chi connectivity index (χ0) is 12.6. The van der Waals surface area contributed by atoms with Crippen LogP contribution in [0.4, 0.5) is 0 Å². The molecular weight excluding hydrogens is 224 g/mol. The van der Waals surface area contributed by atoms with Crippen molar-refractivity contribution >= 4 is 16.1 Å². The average molecular weight is 251 g/mol. The summed E-state index contributed by atoms with van der Waals surface area (Å²) in [6.07, 6.45) is 0. The maximum atomic E-state index is 2.51. The second-order valence-corrected chi connectivity index (χ2v) is 18.3. The molecule has 0 bridgehead atoms. The fourth-order valence-corrected chi connectivity index (χ4v) is 15.8. The summed E-state index contributed by atoms with van der Waals surface area (Å²) in [5.74, 6) is 0. The smallest absolute Gasteiger partial charge is 0.0493 e. The van der Waals surface area contributed by atoms with Gasteiger partial charge in [0.25, 0.3) is 0 Å². The van der Waals surface area contributed by atoms with Crippen LogP contribution in [-0.2, 0) is 0 Å². The lowest BCUT2D eigenvalue weighted by Gasteiger charge is -2.38. The molecule has 0 saturated carbocycles. The van der Waals surface area contributed by atoms with Gasteiger partial charge in [0.15, 0.2) is 0 Å². The lowest BCUT2D eigenvalue weighted by molar-refractivity contribution is 1.17. The number of hydrogen-bond donors (Lipinski definition) is 0. The van der Waals surface area contributed by atoms with Gasteiger partial charge in [0, 0.05) is 16.1 Å². The average Bonchev–Trinajstić information content (AvgIpc) is 2.03. The molecule has 0 aliphatic carbocycles. The SMILES string of the molecule is Cc1ccc(C([Si](C)(C)C)[Si](C)(C)C)cc1. The maximum Gasteiger partial charge on any atom is 0.0493 e. The van der Waals surface area contributed by atoms with Crippen LogP contribution in [0.2, 0.25) is 39.3 Å². The van der Waals surface area contributed by atoms with E-state index in [-0.39, 0.29) is 0 Å². The van der Waals surface area contributed by atoms with Crippen molar-refractivity contribution in [3.8, 4) is 0 Å². The van der Waals surface area contributed by atoms with E-state index in [9.17, 15) is 0 Å². The predicted molar refractivity (Wildman–Crippen MR) is 80.6 cm³/mol. The Bertz CT molecular complexity index is 324. The van der Waals surface area contributed by atoms with Crippen LogP contribution in [0.15, 0.2) is 24.3 Å². The molecular formula is C14H26Si2. The zero-order valence-electron chi connectivity index (χ0n) is 11.9. The van der Waals surface area contributed by atoms with Gasteiger partial charge in [-0.3, -0.25) is 0 Å². The van der Waals surface area contributed by atoms with E-state index in [0.717, 1.165) is 5.16 Å². The highest BCUT2D eigenvalue weighted by atomic mass is 28.4. The lowest BCUT2D eigenvalue weighted by Crippen LogP contribution is -2.46. The molecule has 0 spiro atoms. The largest absolute Gasteiger partial charge is 0.0693 e. The first kappa shape index (κ1) is 13.7. The summed E-state index contributed by atoms with van der Waals surface area (Å²) >= 11 is 0. The first-order valence-electron chi connectivity index (χ1n) is 6.19. The number of hydrogen-bond acceptors (Lipinski definition) is 0. The van der Waals surface area contributed by atoms with Crippen LogP contribution in [0, 0.1) is 6.92 Å². The second kappa shape index (κ2) is 4.49. The Balaban J connectivity index is 3.18. The lowest BCUT2D eigenvalue weighted by atomic mass is 10.2. The molecule has 16 heavy (non-hydrogen) atoms. The summed E-state index contributed by atoms with van der Waals surface area (Å²) in [7, 11) is -2.24. The van der Waals surface area contributed by atoms with Gasteiger partial charge in [0.05, 0.1) is 0 Å². The molecule has 0 nitrogen and oxygen atoms in total. The standard InChI is InChI=1S/C14H26Si2/c1-12-8-10-13(11-9-12)14(15(2,3)4)16(5,6)7/h8-11,14H,1-7H3. The van der Waals surface area contributed by atoms with Gasteiger partial charge in [0.1, 0.15) is 0 Å². The third kappa shape index (κ3) is 3.32. The number of rotatable bonds is 3. The monoisotopic (exact) mass is 250 g/mol. The maximum absolute atomic E-state index is 2.51. The molecule has 2 heteroatoms. The Morgan fingerprint density at radius 1 is 0.750 bits per heavy atom. The third-order valence-corrected chi connectivity index (χ3v) is 12.5. The Morgan fingerprint density at radius 3 is 1.44 bits per heavy atom. The Hall–Kier alpha value is -0.346. The molecule has 0 amide bonds. The van der Waals surface area contributed by atoms with Gasteiger partial charge < -0.3 is 0 Å². The van der Waals surface area contributed by atoms with Gasteiger partial charge >= 0.3 is 0 Å². The second-order valence-electron chi connectivity index (χ2n) is 7.08. The summed E-state index contributed by atoms with van der Waals surface area (Å²) in [5, 5.41) is 0.862. The van der Waals surface area contributed by atoms with Gasteiger partial charge in [-0.1, -0.05) is 74.7 Å². The Morgan fingerprint density at radius 2 is 1.12 bits per heavy atom. The normalized spacial score (nSPS) is 13.2. The van der Waals surface area contributed by atoms with Crippen LogP contribution in [0.5, 0.6) is 0 Å². The Labute approximate surface area is 103 Å². The fraction of sp³-hybridized carbons (Fsp3) is 0.571. The quantitative estimate of drug-likeness (QED) is 0.674. The van der Waals surface area contributed by atoms with E-state index in [1.54, 1.807) is 5.56 Å². The molecule has 0 atom stereocenters. The molecule has 0 radical (unpaired) electrons. The summed E-state index contributed by atoms with van der Waals surface area (Å²) < 4.78 is 0. The van der Waals surface area contributed by atoms with Crippen molar-refractivity contribution < 1.29 is 0 Å². The number of aryl methyl sites for hydroxylation is 1. The summed E-state index contributed by atoms with van der Waals surface area (Å²) in [4.78, 5) is 0. The minimum absolute atomic E-state index is 0.862. The molecule has 90 valence electrons. The molecule has 1 aromatic rings. The third-order valence-electron chi connectivity index (χ3n) is 3.14. The van der Waals surface area contributed by atoms with E-state index < -0.39 is 16.1 Å². The van der Waals surface area contributed by atoms with Gasteiger partial charge in [-0.05, 0) is 12.1 Å². The first-order valence-corrected chi connectivity index (χ1v) is 13.3. The van der Waals surface area contributed by atoms with E-state index >= 15 is 0 Å². The van der Waals surface area contributed by atoms with Crippen LogP contribution in [0.25, 0.3) is 0 Å². The van der Waals surface area contributed by atoms with Crippen molar-refractivity contribution in [2.75, 3.05) is 0 Å². The van der Waals surface area contributed by atoms with Gasteiger partial charge in [-0.25, -0.2) is 0 Å². The van der Waals surface area contributed by atoms with Crippen LogP contribution < -0.4 is 0 Å². The van der Waals surface area contributed by atoms with Crippen LogP contribution in [0.1, 0.15) is 16.3 Å². The van der Waals surface area contributed by atoms with Gasteiger partial charge in [-0.15, -0.1) is 0 Å². The van der Waals surface area contributed by atoms with Crippen molar-refractivity contribution in [1.82, 2.24) is 0 Å². The van der Waals surface area contributed by atoms with Crippen LogP contribution >= 0.6 is 0 Å². The minimum atomic E-state index is -1.12. The van der Waals surface area contributed by atoms with Crippen molar-refractivity contribution in [2.24, 2.45) is 0 Å². The summed E-state index contributed by atoms with van der Waals surface area (Å²) in [6.45, 7) is 17.2. The molecule has 1 aromatic carbocycles. The van der Waals surface area contributed by atoms with E-state index in [4.69, 9.17) is 0 Å². The molecule has 1 rings (SSSR count). The van der Waals surface area contributed by atoms with Crippen molar-refractivity contribution in [3.63, 3.8) is 0 Å².